The zero-order valence-corrected chi connectivity index (χ0v) is 12.5. The molecule has 0 saturated carbocycles. The largest absolute Gasteiger partial charge is 0.350 e. The molecule has 4 heteroatoms. The number of fused-ring (bicyclic) bond motifs is 3. The third-order valence-corrected chi connectivity index (χ3v) is 4.87. The van der Waals surface area contributed by atoms with E-state index in [1.807, 2.05) is 0 Å². The SMILES string of the molecule is C#CC1CN2CCC1CC2CNC(=O)c1ccc(C#N)cc1. The lowest BCUT2D eigenvalue weighted by Crippen LogP contribution is -2.56. The van der Waals surface area contributed by atoms with Crippen LogP contribution < -0.4 is 5.32 Å². The normalized spacial score (nSPS) is 29.4. The fourth-order valence-electron chi connectivity index (χ4n) is 3.55. The maximum absolute atomic E-state index is 12.2. The summed E-state index contributed by atoms with van der Waals surface area (Å²) in [5.41, 5.74) is 1.16. The van der Waals surface area contributed by atoms with E-state index in [9.17, 15) is 4.79 Å². The molecule has 4 nitrogen and oxygen atoms in total. The molecule has 3 heterocycles. The number of hydrogen-bond acceptors (Lipinski definition) is 3. The van der Waals surface area contributed by atoms with Crippen molar-refractivity contribution >= 4 is 5.91 Å². The average Bonchev–Trinajstić information content (AvgIpc) is 2.60. The minimum Gasteiger partial charge on any atom is -0.350 e. The van der Waals surface area contributed by atoms with Gasteiger partial charge in [0.05, 0.1) is 11.6 Å². The quantitative estimate of drug-likeness (QED) is 0.862. The maximum atomic E-state index is 12.2. The molecule has 3 saturated heterocycles. The van der Waals surface area contributed by atoms with Crippen molar-refractivity contribution in [2.75, 3.05) is 19.6 Å². The molecule has 3 fully saturated rings. The van der Waals surface area contributed by atoms with Gasteiger partial charge in [0.1, 0.15) is 0 Å². The van der Waals surface area contributed by atoms with E-state index in [2.05, 4.69) is 22.2 Å². The van der Waals surface area contributed by atoms with Gasteiger partial charge in [0.2, 0.25) is 0 Å². The molecule has 22 heavy (non-hydrogen) atoms. The fraction of sp³-hybridized carbons (Fsp3) is 0.444. The van der Waals surface area contributed by atoms with Crippen LogP contribution in [0.5, 0.6) is 0 Å². The van der Waals surface area contributed by atoms with Gasteiger partial charge in [-0.1, -0.05) is 0 Å². The van der Waals surface area contributed by atoms with E-state index < -0.39 is 0 Å². The molecule has 4 atom stereocenters. The first-order chi connectivity index (χ1) is 10.7. The molecule has 1 N–H and O–H groups in total. The lowest BCUT2D eigenvalue weighted by atomic mass is 9.76. The highest BCUT2D eigenvalue weighted by Gasteiger charge is 2.39. The second-order valence-corrected chi connectivity index (χ2v) is 6.11. The summed E-state index contributed by atoms with van der Waals surface area (Å²) in [5, 5.41) is 11.8. The van der Waals surface area contributed by atoms with Crippen LogP contribution >= 0.6 is 0 Å². The second-order valence-electron chi connectivity index (χ2n) is 6.11. The molecule has 1 aromatic carbocycles. The van der Waals surface area contributed by atoms with Crippen molar-refractivity contribution in [2.24, 2.45) is 11.8 Å². The molecule has 0 aromatic heterocycles. The number of terminal acetylenes is 1. The minimum atomic E-state index is -0.0827. The Morgan fingerprint density at radius 3 is 2.77 bits per heavy atom. The van der Waals surface area contributed by atoms with Gasteiger partial charge in [-0.25, -0.2) is 0 Å². The Bertz CT molecular complexity index is 638. The third kappa shape index (κ3) is 2.84. The lowest BCUT2D eigenvalue weighted by molar-refractivity contribution is 0.0227. The van der Waals surface area contributed by atoms with Crippen molar-refractivity contribution in [3.05, 3.63) is 35.4 Å². The van der Waals surface area contributed by atoms with Crippen LogP contribution in [0.4, 0.5) is 0 Å². The number of piperidine rings is 3. The summed E-state index contributed by atoms with van der Waals surface area (Å²) in [6.45, 7) is 2.70. The molecule has 1 aromatic rings. The van der Waals surface area contributed by atoms with Crippen LogP contribution in [0.1, 0.15) is 28.8 Å². The van der Waals surface area contributed by atoms with Gasteiger partial charge < -0.3 is 5.32 Å². The summed E-state index contributed by atoms with van der Waals surface area (Å²) in [7, 11) is 0. The summed E-state index contributed by atoms with van der Waals surface area (Å²) >= 11 is 0. The van der Waals surface area contributed by atoms with Crippen molar-refractivity contribution in [2.45, 2.75) is 18.9 Å². The number of amides is 1. The standard InChI is InChI=1S/C18H19N3O/c1-2-14-12-21-8-7-16(14)9-17(21)11-20-18(22)15-5-3-13(10-19)4-6-15/h1,3-6,14,16-17H,7-9,11-12H2,(H,20,22). The van der Waals surface area contributed by atoms with Crippen molar-refractivity contribution in [3.63, 3.8) is 0 Å². The molecular weight excluding hydrogens is 274 g/mol. The average molecular weight is 293 g/mol. The number of nitrogens with zero attached hydrogens (tertiary/aromatic N) is 2. The predicted molar refractivity (Wildman–Crippen MR) is 83.9 cm³/mol. The summed E-state index contributed by atoms with van der Waals surface area (Å²) in [6, 6.07) is 9.15. The van der Waals surface area contributed by atoms with Gasteiger partial charge in [0.15, 0.2) is 0 Å². The monoisotopic (exact) mass is 293 g/mol. The van der Waals surface area contributed by atoms with Gasteiger partial charge >= 0.3 is 0 Å². The summed E-state index contributed by atoms with van der Waals surface area (Å²) < 4.78 is 0. The molecule has 3 aliphatic rings. The zero-order chi connectivity index (χ0) is 15.5. The third-order valence-electron chi connectivity index (χ3n) is 4.87. The van der Waals surface area contributed by atoms with E-state index >= 15 is 0 Å². The van der Waals surface area contributed by atoms with Crippen molar-refractivity contribution in [1.82, 2.24) is 10.2 Å². The highest BCUT2D eigenvalue weighted by atomic mass is 16.1. The maximum Gasteiger partial charge on any atom is 0.251 e. The summed E-state index contributed by atoms with van der Waals surface area (Å²) in [4.78, 5) is 14.6. The smallest absolute Gasteiger partial charge is 0.251 e. The van der Waals surface area contributed by atoms with E-state index in [0.29, 0.717) is 35.5 Å². The Hall–Kier alpha value is -2.30. The Morgan fingerprint density at radius 1 is 1.41 bits per heavy atom. The highest BCUT2D eigenvalue weighted by molar-refractivity contribution is 5.94. The highest BCUT2D eigenvalue weighted by Crippen LogP contribution is 2.35. The number of hydrogen-bond donors (Lipinski definition) is 1. The first-order valence-corrected chi connectivity index (χ1v) is 7.70. The van der Waals surface area contributed by atoms with E-state index in [4.69, 9.17) is 11.7 Å². The minimum absolute atomic E-state index is 0.0827. The Morgan fingerprint density at radius 2 is 2.18 bits per heavy atom. The van der Waals surface area contributed by atoms with Crippen molar-refractivity contribution in [1.29, 1.82) is 5.26 Å². The van der Waals surface area contributed by atoms with Gasteiger partial charge in [-0.2, -0.15) is 5.26 Å². The Kier molecular flexibility index (Phi) is 4.13. The van der Waals surface area contributed by atoms with E-state index in [1.54, 1.807) is 24.3 Å². The zero-order valence-electron chi connectivity index (χ0n) is 12.5. The van der Waals surface area contributed by atoms with Crippen molar-refractivity contribution in [3.8, 4) is 18.4 Å². The van der Waals surface area contributed by atoms with Crippen LogP contribution in [0, 0.1) is 35.5 Å². The molecule has 3 aliphatic heterocycles. The molecule has 0 aliphatic carbocycles. The van der Waals surface area contributed by atoms with Crippen LogP contribution in [0.3, 0.4) is 0 Å². The van der Waals surface area contributed by atoms with Gasteiger partial charge in [-0.05, 0) is 49.6 Å². The first-order valence-electron chi connectivity index (χ1n) is 7.70. The van der Waals surface area contributed by atoms with E-state index in [-0.39, 0.29) is 5.91 Å². The number of nitrogens with one attached hydrogen (secondary N) is 1. The summed E-state index contributed by atoms with van der Waals surface area (Å²) in [6.07, 6.45) is 7.84. The number of nitriles is 1. The molecular formula is C18H19N3O. The lowest BCUT2D eigenvalue weighted by Gasteiger charge is -2.48. The second kappa shape index (κ2) is 6.22. The molecule has 1 amide bonds. The van der Waals surface area contributed by atoms with Crippen LogP contribution in [0.2, 0.25) is 0 Å². The number of carbonyl (C=O) groups is 1. The van der Waals surface area contributed by atoms with Crippen LogP contribution in [0.25, 0.3) is 0 Å². The Balaban J connectivity index is 1.56. The molecule has 0 spiro atoms. The molecule has 112 valence electrons. The van der Waals surface area contributed by atoms with E-state index in [1.165, 1.54) is 6.42 Å². The van der Waals surface area contributed by atoms with E-state index in [0.717, 1.165) is 19.5 Å². The van der Waals surface area contributed by atoms with Gasteiger partial charge in [-0.3, -0.25) is 9.69 Å². The van der Waals surface area contributed by atoms with Crippen LogP contribution in [-0.4, -0.2) is 36.5 Å². The predicted octanol–water partition coefficient (Wildman–Crippen LogP) is 1.63. The Labute approximate surface area is 131 Å². The van der Waals surface area contributed by atoms with Crippen LogP contribution in [-0.2, 0) is 0 Å². The fourth-order valence-corrected chi connectivity index (χ4v) is 3.55. The van der Waals surface area contributed by atoms with Gasteiger partial charge in [0, 0.05) is 30.6 Å². The van der Waals surface area contributed by atoms with Crippen molar-refractivity contribution < 1.29 is 4.79 Å². The van der Waals surface area contributed by atoms with Gasteiger partial charge in [0.25, 0.3) is 5.91 Å². The molecule has 4 rings (SSSR count). The molecule has 4 unspecified atom stereocenters. The molecule has 2 bridgehead atoms. The topological polar surface area (TPSA) is 56.1 Å². The molecule has 0 radical (unpaired) electrons. The number of rotatable bonds is 3. The van der Waals surface area contributed by atoms with Crippen LogP contribution in [0.15, 0.2) is 24.3 Å². The number of carbonyl (C=O) groups excluding carboxylic acids is 1. The number of benzene rings is 1. The van der Waals surface area contributed by atoms with Gasteiger partial charge in [-0.15, -0.1) is 12.3 Å². The summed E-state index contributed by atoms with van der Waals surface area (Å²) in [5.74, 6) is 3.80. The first kappa shape index (κ1) is 14.6.